The maximum Gasteiger partial charge on any atom is 0.420 e. The topological polar surface area (TPSA) is 98.5 Å². The quantitative estimate of drug-likeness (QED) is 0.719. The van der Waals surface area contributed by atoms with Crippen molar-refractivity contribution in [3.8, 4) is 11.5 Å². The van der Waals surface area contributed by atoms with Crippen LogP contribution < -0.4 is 15.8 Å². The zero-order valence-electron chi connectivity index (χ0n) is 14.8. The molecule has 150 valence electrons. The van der Waals surface area contributed by atoms with Gasteiger partial charge in [-0.25, -0.2) is 0 Å². The van der Waals surface area contributed by atoms with Crippen LogP contribution in [0.25, 0.3) is 6.08 Å². The van der Waals surface area contributed by atoms with Crippen molar-refractivity contribution in [1.82, 2.24) is 5.32 Å². The second kappa shape index (κ2) is 7.63. The lowest BCUT2D eigenvalue weighted by Gasteiger charge is -2.16. The summed E-state index contributed by atoms with van der Waals surface area (Å²) in [6.07, 6.45) is -3.26. The van der Waals surface area contributed by atoms with Gasteiger partial charge in [0.1, 0.15) is 11.5 Å². The third kappa shape index (κ3) is 4.60. The van der Waals surface area contributed by atoms with E-state index in [1.807, 2.05) is 0 Å². The first-order valence-corrected chi connectivity index (χ1v) is 8.90. The van der Waals surface area contributed by atoms with Crippen molar-refractivity contribution < 1.29 is 32.3 Å². The van der Waals surface area contributed by atoms with Crippen LogP contribution in [0.4, 0.5) is 18.0 Å². The van der Waals surface area contributed by atoms with E-state index in [0.717, 1.165) is 23.9 Å². The zero-order valence-corrected chi connectivity index (χ0v) is 15.6. The molecule has 1 saturated heterocycles. The normalized spacial score (nSPS) is 15.5. The number of amides is 3. The Balaban J connectivity index is 1.91. The van der Waals surface area contributed by atoms with Crippen LogP contribution >= 0.6 is 11.8 Å². The highest BCUT2D eigenvalue weighted by Gasteiger charge is 2.35. The van der Waals surface area contributed by atoms with E-state index >= 15 is 0 Å². The SMILES string of the molecule is Cc1cc(C=C2SC(=O)NC2=O)ccc1Oc1ccc(C(N)=O)cc1C(F)(F)F. The molecule has 0 aromatic heterocycles. The van der Waals surface area contributed by atoms with Crippen LogP contribution in [0.1, 0.15) is 27.0 Å². The lowest BCUT2D eigenvalue weighted by atomic mass is 10.1. The molecule has 1 fully saturated rings. The number of primary amides is 1. The smallest absolute Gasteiger partial charge is 0.420 e. The molecule has 0 aliphatic carbocycles. The molecule has 10 heteroatoms. The Morgan fingerprint density at radius 3 is 2.38 bits per heavy atom. The van der Waals surface area contributed by atoms with Crippen LogP contribution in [0.5, 0.6) is 11.5 Å². The van der Waals surface area contributed by atoms with E-state index in [-0.39, 0.29) is 16.2 Å². The van der Waals surface area contributed by atoms with E-state index in [1.165, 1.54) is 18.2 Å². The Bertz CT molecular complexity index is 1060. The highest BCUT2D eigenvalue weighted by Crippen LogP contribution is 2.39. The highest BCUT2D eigenvalue weighted by atomic mass is 32.2. The van der Waals surface area contributed by atoms with Crippen molar-refractivity contribution in [2.24, 2.45) is 5.73 Å². The number of nitrogens with two attached hydrogens (primary N) is 1. The van der Waals surface area contributed by atoms with E-state index in [1.54, 1.807) is 13.0 Å². The first-order chi connectivity index (χ1) is 13.5. The molecule has 1 aliphatic rings. The monoisotopic (exact) mass is 422 g/mol. The number of thioether (sulfide) groups is 1. The molecule has 0 spiro atoms. The molecule has 1 heterocycles. The average Bonchev–Trinajstić information content (AvgIpc) is 2.93. The fraction of sp³-hybridized carbons (Fsp3) is 0.105. The van der Waals surface area contributed by atoms with Gasteiger partial charge in [-0.15, -0.1) is 0 Å². The number of nitrogens with one attached hydrogen (secondary N) is 1. The van der Waals surface area contributed by atoms with E-state index in [2.05, 4.69) is 5.32 Å². The second-order valence-electron chi connectivity index (χ2n) is 6.05. The van der Waals surface area contributed by atoms with Gasteiger partial charge in [0.2, 0.25) is 5.91 Å². The summed E-state index contributed by atoms with van der Waals surface area (Å²) in [6.45, 7) is 1.62. The molecule has 0 atom stereocenters. The molecule has 0 bridgehead atoms. The minimum absolute atomic E-state index is 0.157. The Labute approximate surface area is 166 Å². The number of carbonyl (C=O) groups is 3. The van der Waals surface area contributed by atoms with Gasteiger partial charge in [-0.1, -0.05) is 6.07 Å². The first-order valence-electron chi connectivity index (χ1n) is 8.09. The summed E-state index contributed by atoms with van der Waals surface area (Å²) in [7, 11) is 0. The molecule has 29 heavy (non-hydrogen) atoms. The number of carbonyl (C=O) groups excluding carboxylic acids is 3. The van der Waals surface area contributed by atoms with Gasteiger partial charge >= 0.3 is 6.18 Å². The Hall–Kier alpha value is -3.27. The standard InChI is InChI=1S/C19H13F3N2O4S/c1-9-6-10(7-15-17(26)24-18(27)29-15)2-4-13(9)28-14-5-3-11(16(23)25)8-12(14)19(20,21)22/h2-8H,1H3,(H2,23,25)(H,24,26,27). The average molecular weight is 422 g/mol. The minimum atomic E-state index is -4.75. The number of halogens is 3. The Kier molecular flexibility index (Phi) is 5.38. The molecule has 6 nitrogen and oxygen atoms in total. The molecule has 0 saturated carbocycles. The summed E-state index contributed by atoms with van der Waals surface area (Å²) < 4.78 is 45.5. The number of hydrogen-bond donors (Lipinski definition) is 2. The van der Waals surface area contributed by atoms with Crippen molar-refractivity contribution in [3.63, 3.8) is 0 Å². The van der Waals surface area contributed by atoms with Crippen molar-refractivity contribution >= 4 is 34.9 Å². The van der Waals surface area contributed by atoms with Gasteiger partial charge in [0.25, 0.3) is 11.1 Å². The van der Waals surface area contributed by atoms with Crippen LogP contribution in [0.15, 0.2) is 41.3 Å². The second-order valence-corrected chi connectivity index (χ2v) is 7.07. The van der Waals surface area contributed by atoms with Gasteiger partial charge in [0.15, 0.2) is 0 Å². The van der Waals surface area contributed by atoms with Gasteiger partial charge < -0.3 is 10.5 Å². The van der Waals surface area contributed by atoms with Crippen molar-refractivity contribution in [1.29, 1.82) is 0 Å². The Morgan fingerprint density at radius 2 is 1.83 bits per heavy atom. The lowest BCUT2D eigenvalue weighted by Crippen LogP contribution is -2.17. The van der Waals surface area contributed by atoms with Crippen LogP contribution in [0.2, 0.25) is 0 Å². The van der Waals surface area contributed by atoms with Gasteiger partial charge in [-0.3, -0.25) is 19.7 Å². The summed E-state index contributed by atoms with van der Waals surface area (Å²) in [6, 6.07) is 7.40. The van der Waals surface area contributed by atoms with Crippen molar-refractivity contribution in [2.75, 3.05) is 0 Å². The molecule has 0 radical (unpaired) electrons. The van der Waals surface area contributed by atoms with Crippen molar-refractivity contribution in [2.45, 2.75) is 13.1 Å². The van der Waals surface area contributed by atoms with Crippen LogP contribution in [0, 0.1) is 6.92 Å². The maximum absolute atomic E-state index is 13.3. The molecule has 0 unspecified atom stereocenters. The number of rotatable bonds is 4. The van der Waals surface area contributed by atoms with E-state index < -0.39 is 34.5 Å². The fourth-order valence-corrected chi connectivity index (χ4v) is 3.24. The maximum atomic E-state index is 13.3. The van der Waals surface area contributed by atoms with E-state index in [4.69, 9.17) is 10.5 Å². The van der Waals surface area contributed by atoms with E-state index in [0.29, 0.717) is 17.2 Å². The fourth-order valence-electron chi connectivity index (χ4n) is 2.56. The van der Waals surface area contributed by atoms with Crippen LogP contribution in [-0.4, -0.2) is 17.1 Å². The summed E-state index contributed by atoms with van der Waals surface area (Å²) >= 11 is 0.757. The predicted octanol–water partition coefficient (Wildman–Crippen LogP) is 4.23. The van der Waals surface area contributed by atoms with Crippen molar-refractivity contribution in [3.05, 3.63) is 63.6 Å². The molecular weight excluding hydrogens is 409 g/mol. The first kappa shape index (κ1) is 20.5. The molecular formula is C19H13F3N2O4S. The molecule has 3 amide bonds. The number of benzene rings is 2. The third-order valence-electron chi connectivity index (χ3n) is 3.93. The number of aryl methyl sites for hydroxylation is 1. The number of alkyl halides is 3. The molecule has 2 aromatic carbocycles. The largest absolute Gasteiger partial charge is 0.456 e. The van der Waals surface area contributed by atoms with Gasteiger partial charge in [-0.2, -0.15) is 13.2 Å². The Morgan fingerprint density at radius 1 is 1.14 bits per heavy atom. The molecule has 2 aromatic rings. The van der Waals surface area contributed by atoms with E-state index in [9.17, 15) is 27.6 Å². The van der Waals surface area contributed by atoms with Gasteiger partial charge in [0.05, 0.1) is 10.5 Å². The van der Waals surface area contributed by atoms with Crippen LogP contribution in [0.3, 0.4) is 0 Å². The summed E-state index contributed by atoms with van der Waals surface area (Å²) in [4.78, 5) is 34.2. The summed E-state index contributed by atoms with van der Waals surface area (Å²) in [5, 5.41) is 1.66. The third-order valence-corrected chi connectivity index (χ3v) is 4.74. The minimum Gasteiger partial charge on any atom is -0.456 e. The van der Waals surface area contributed by atoms with Crippen LogP contribution in [-0.2, 0) is 11.0 Å². The molecule has 3 rings (SSSR count). The molecule has 1 aliphatic heterocycles. The van der Waals surface area contributed by atoms with Gasteiger partial charge in [-0.05, 0) is 66.2 Å². The molecule has 3 N–H and O–H groups in total. The zero-order chi connectivity index (χ0) is 21.3. The predicted molar refractivity (Wildman–Crippen MR) is 100 cm³/mol. The number of imide groups is 1. The summed E-state index contributed by atoms with van der Waals surface area (Å²) in [5.74, 6) is -1.82. The summed E-state index contributed by atoms with van der Waals surface area (Å²) in [5.41, 5.74) is 4.71. The lowest BCUT2D eigenvalue weighted by molar-refractivity contribution is -0.138. The number of ether oxygens (including phenoxy) is 1. The number of hydrogen-bond acceptors (Lipinski definition) is 5. The van der Waals surface area contributed by atoms with Gasteiger partial charge in [0, 0.05) is 5.56 Å². The highest BCUT2D eigenvalue weighted by molar-refractivity contribution is 8.18.